The van der Waals surface area contributed by atoms with Gasteiger partial charge in [-0.1, -0.05) is 6.08 Å². The van der Waals surface area contributed by atoms with Gasteiger partial charge >= 0.3 is 5.97 Å². The number of ether oxygens (including phenoxy) is 2. The summed E-state index contributed by atoms with van der Waals surface area (Å²) in [5, 5.41) is 8.58. The predicted octanol–water partition coefficient (Wildman–Crippen LogP) is 2.72. The zero-order valence-corrected chi connectivity index (χ0v) is 10.5. The van der Waals surface area contributed by atoms with Crippen molar-refractivity contribution in [3.05, 3.63) is 29.6 Å². The summed E-state index contributed by atoms with van der Waals surface area (Å²) in [5.74, 6) is -0.746. The number of hydrogen-bond acceptors (Lipinski definition) is 3. The number of aliphatic carboxylic acids is 1. The molecule has 1 aromatic carbocycles. The summed E-state index contributed by atoms with van der Waals surface area (Å²) in [6.07, 6.45) is 1.30. The summed E-state index contributed by atoms with van der Waals surface area (Å²) < 4.78 is 23.8. The Hall–Kier alpha value is -2.04. The van der Waals surface area contributed by atoms with Gasteiger partial charge in [-0.2, -0.15) is 0 Å². The molecule has 1 aromatic rings. The van der Waals surface area contributed by atoms with Gasteiger partial charge in [0.05, 0.1) is 20.6 Å². The van der Waals surface area contributed by atoms with E-state index in [0.29, 0.717) is 22.6 Å². The fraction of sp³-hybridized carbons (Fsp3) is 0.308. The number of carbonyl (C=O) groups is 1. The van der Waals surface area contributed by atoms with Crippen molar-refractivity contribution >= 4 is 11.5 Å². The van der Waals surface area contributed by atoms with Gasteiger partial charge in [0, 0.05) is 11.6 Å². The van der Waals surface area contributed by atoms with Crippen LogP contribution in [-0.2, 0) is 4.79 Å². The van der Waals surface area contributed by atoms with Gasteiger partial charge in [-0.25, -0.2) is 4.39 Å². The fourth-order valence-electron chi connectivity index (χ4n) is 1.51. The van der Waals surface area contributed by atoms with Crippen LogP contribution in [0.25, 0.3) is 5.57 Å². The molecule has 0 atom stereocenters. The summed E-state index contributed by atoms with van der Waals surface area (Å²) in [4.78, 5) is 10.5. The number of carboxylic acid groups (broad SMARTS) is 1. The summed E-state index contributed by atoms with van der Waals surface area (Å²) in [5.41, 5.74) is 0.838. The number of carboxylic acids is 1. The summed E-state index contributed by atoms with van der Waals surface area (Å²) in [7, 11) is 2.87. The summed E-state index contributed by atoms with van der Waals surface area (Å²) in [6, 6.07) is 2.70. The predicted molar refractivity (Wildman–Crippen MR) is 65.4 cm³/mol. The van der Waals surface area contributed by atoms with Crippen LogP contribution in [0.4, 0.5) is 4.39 Å². The van der Waals surface area contributed by atoms with Gasteiger partial charge in [-0.3, -0.25) is 4.79 Å². The Bertz CT molecular complexity index is 480. The topological polar surface area (TPSA) is 55.8 Å². The van der Waals surface area contributed by atoms with E-state index in [-0.39, 0.29) is 6.42 Å². The number of benzene rings is 1. The lowest BCUT2D eigenvalue weighted by Crippen LogP contribution is -1.96. The maximum atomic E-state index is 13.8. The Morgan fingerprint density at radius 2 is 1.89 bits per heavy atom. The first kappa shape index (κ1) is 14.0. The Morgan fingerprint density at radius 3 is 2.39 bits per heavy atom. The van der Waals surface area contributed by atoms with E-state index in [2.05, 4.69) is 0 Å². The highest BCUT2D eigenvalue weighted by Gasteiger charge is 2.12. The number of allylic oxidation sites excluding steroid dienone is 1. The van der Waals surface area contributed by atoms with Crippen molar-refractivity contribution in [2.24, 2.45) is 0 Å². The number of hydrogen-bond donors (Lipinski definition) is 1. The summed E-state index contributed by atoms with van der Waals surface area (Å²) >= 11 is 0. The van der Waals surface area contributed by atoms with Gasteiger partial charge in [-0.15, -0.1) is 0 Å². The average molecular weight is 254 g/mol. The monoisotopic (exact) mass is 254 g/mol. The second kappa shape index (κ2) is 6.05. The Balaban J connectivity index is 3.16. The van der Waals surface area contributed by atoms with E-state index in [1.54, 1.807) is 6.92 Å². The van der Waals surface area contributed by atoms with Gasteiger partial charge < -0.3 is 14.6 Å². The highest BCUT2D eigenvalue weighted by molar-refractivity contribution is 5.74. The Labute approximate surface area is 105 Å². The van der Waals surface area contributed by atoms with Crippen molar-refractivity contribution in [1.82, 2.24) is 0 Å². The van der Waals surface area contributed by atoms with E-state index in [1.807, 2.05) is 0 Å². The molecule has 0 radical (unpaired) electrons. The molecule has 0 saturated heterocycles. The molecule has 0 aliphatic heterocycles. The van der Waals surface area contributed by atoms with Gasteiger partial charge in [0.25, 0.3) is 0 Å². The molecule has 0 bridgehead atoms. The summed E-state index contributed by atoms with van der Waals surface area (Å²) in [6.45, 7) is 1.65. The number of halogens is 1. The highest BCUT2D eigenvalue weighted by Crippen LogP contribution is 2.32. The minimum atomic E-state index is -0.963. The molecule has 0 heterocycles. The minimum absolute atomic E-state index is 0.153. The van der Waals surface area contributed by atoms with E-state index in [1.165, 1.54) is 32.4 Å². The smallest absolute Gasteiger partial charge is 0.307 e. The largest absolute Gasteiger partial charge is 0.493 e. The van der Waals surface area contributed by atoms with Crippen LogP contribution in [0.2, 0.25) is 0 Å². The lowest BCUT2D eigenvalue weighted by atomic mass is 10.0. The third-order valence-corrected chi connectivity index (χ3v) is 2.48. The molecule has 5 heteroatoms. The van der Waals surface area contributed by atoms with Crippen molar-refractivity contribution in [2.75, 3.05) is 14.2 Å². The van der Waals surface area contributed by atoms with Gasteiger partial charge in [0.2, 0.25) is 0 Å². The molecule has 0 spiro atoms. The van der Waals surface area contributed by atoms with Crippen LogP contribution in [0.1, 0.15) is 18.9 Å². The van der Waals surface area contributed by atoms with Crippen LogP contribution < -0.4 is 9.47 Å². The number of methoxy groups -OCH3 is 2. The highest BCUT2D eigenvalue weighted by atomic mass is 19.1. The van der Waals surface area contributed by atoms with Crippen LogP contribution in [-0.4, -0.2) is 25.3 Å². The molecule has 0 aromatic heterocycles. The Morgan fingerprint density at radius 1 is 1.33 bits per heavy atom. The second-order valence-electron chi connectivity index (χ2n) is 3.67. The molecule has 0 saturated carbocycles. The van der Waals surface area contributed by atoms with E-state index in [9.17, 15) is 9.18 Å². The zero-order valence-electron chi connectivity index (χ0n) is 10.5. The van der Waals surface area contributed by atoms with Gasteiger partial charge in [-0.05, 0) is 18.6 Å². The minimum Gasteiger partial charge on any atom is -0.493 e. The van der Waals surface area contributed by atoms with E-state index in [4.69, 9.17) is 14.6 Å². The van der Waals surface area contributed by atoms with Crippen molar-refractivity contribution in [3.8, 4) is 11.5 Å². The molecule has 0 fully saturated rings. The maximum absolute atomic E-state index is 13.8. The molecule has 1 rings (SSSR count). The standard InChI is InChI=1S/C13H15FO4/c1-8(4-5-13(15)16)9-6-11(17-2)12(18-3)7-10(9)14/h4,6-7H,5H2,1-3H3,(H,15,16)/b8-4+. The first-order chi connectivity index (χ1) is 8.49. The Kier molecular flexibility index (Phi) is 4.71. The molecule has 0 unspecified atom stereocenters. The van der Waals surface area contributed by atoms with Crippen molar-refractivity contribution in [3.63, 3.8) is 0 Å². The molecule has 0 amide bonds. The van der Waals surface area contributed by atoms with E-state index >= 15 is 0 Å². The van der Waals surface area contributed by atoms with Crippen LogP contribution >= 0.6 is 0 Å². The quantitative estimate of drug-likeness (QED) is 0.877. The average Bonchev–Trinajstić information content (AvgIpc) is 2.35. The lowest BCUT2D eigenvalue weighted by molar-refractivity contribution is -0.135. The fourth-order valence-corrected chi connectivity index (χ4v) is 1.51. The van der Waals surface area contributed by atoms with Crippen LogP contribution in [0, 0.1) is 5.82 Å². The third-order valence-electron chi connectivity index (χ3n) is 2.48. The first-order valence-corrected chi connectivity index (χ1v) is 5.30. The third kappa shape index (κ3) is 3.23. The van der Waals surface area contributed by atoms with Crippen LogP contribution in [0.5, 0.6) is 11.5 Å². The van der Waals surface area contributed by atoms with Crippen molar-refractivity contribution in [2.45, 2.75) is 13.3 Å². The molecule has 18 heavy (non-hydrogen) atoms. The molecular formula is C13H15FO4. The first-order valence-electron chi connectivity index (χ1n) is 5.30. The molecule has 1 N–H and O–H groups in total. The molecule has 4 nitrogen and oxygen atoms in total. The second-order valence-corrected chi connectivity index (χ2v) is 3.67. The zero-order chi connectivity index (χ0) is 13.7. The number of rotatable bonds is 5. The van der Waals surface area contributed by atoms with Gasteiger partial charge in [0.15, 0.2) is 11.5 Å². The SMILES string of the molecule is COc1cc(F)c(/C(C)=C/CC(=O)O)cc1OC. The molecule has 0 aliphatic carbocycles. The lowest BCUT2D eigenvalue weighted by Gasteiger charge is -2.11. The van der Waals surface area contributed by atoms with E-state index < -0.39 is 11.8 Å². The normalized spacial score (nSPS) is 11.2. The maximum Gasteiger partial charge on any atom is 0.307 e. The molecule has 0 aliphatic rings. The molecular weight excluding hydrogens is 239 g/mol. The van der Waals surface area contributed by atoms with Crippen molar-refractivity contribution in [1.29, 1.82) is 0 Å². The van der Waals surface area contributed by atoms with Crippen molar-refractivity contribution < 1.29 is 23.8 Å². The van der Waals surface area contributed by atoms with Crippen LogP contribution in [0.3, 0.4) is 0 Å². The van der Waals surface area contributed by atoms with Gasteiger partial charge in [0.1, 0.15) is 5.82 Å². The van der Waals surface area contributed by atoms with Crippen LogP contribution in [0.15, 0.2) is 18.2 Å². The molecule has 98 valence electrons. The van der Waals surface area contributed by atoms with E-state index in [0.717, 1.165) is 0 Å².